The summed E-state index contributed by atoms with van der Waals surface area (Å²) in [4.78, 5) is 44.0. The lowest BCUT2D eigenvalue weighted by molar-refractivity contribution is -0.141. The van der Waals surface area contributed by atoms with Crippen LogP contribution < -0.4 is 20.1 Å². The zero-order valence-electron chi connectivity index (χ0n) is 25.5. The number of nitrogens with one attached hydrogen (secondary N) is 2. The predicted octanol–water partition coefficient (Wildman–Crippen LogP) is 4.63. The first-order valence-corrected chi connectivity index (χ1v) is 15.8. The molecule has 44 heavy (non-hydrogen) atoms. The van der Waals surface area contributed by atoms with Gasteiger partial charge in [0.15, 0.2) is 11.5 Å². The van der Waals surface area contributed by atoms with Crippen LogP contribution in [-0.4, -0.2) is 67.2 Å². The zero-order valence-corrected chi connectivity index (χ0v) is 26.3. The monoisotopic (exact) mass is 621 g/mol. The number of ether oxygens (including phenoxy) is 3. The quantitative estimate of drug-likeness (QED) is 0.396. The van der Waals surface area contributed by atoms with Gasteiger partial charge < -0.3 is 29.7 Å². The number of hydrogen-bond acceptors (Lipinski definition) is 6. The first-order chi connectivity index (χ1) is 21.2. The van der Waals surface area contributed by atoms with E-state index in [2.05, 4.69) is 24.5 Å². The molecule has 10 heteroatoms. The molecule has 2 aromatic rings. The van der Waals surface area contributed by atoms with Crippen molar-refractivity contribution in [2.24, 2.45) is 23.7 Å². The Bertz CT molecular complexity index is 1480. The van der Waals surface area contributed by atoms with Gasteiger partial charge in [-0.05, 0) is 60.6 Å². The van der Waals surface area contributed by atoms with E-state index in [1.807, 2.05) is 30.4 Å². The number of rotatable bonds is 9. The van der Waals surface area contributed by atoms with Gasteiger partial charge in [-0.2, -0.15) is 0 Å². The molecule has 2 N–H and O–H groups in total. The van der Waals surface area contributed by atoms with Gasteiger partial charge in [-0.25, -0.2) is 0 Å². The molecular weight excluding hydrogens is 582 g/mol. The summed E-state index contributed by atoms with van der Waals surface area (Å²) in [5, 5.41) is 6.72. The van der Waals surface area contributed by atoms with Crippen molar-refractivity contribution < 1.29 is 28.6 Å². The maximum atomic E-state index is 14.3. The number of benzene rings is 2. The van der Waals surface area contributed by atoms with Crippen molar-refractivity contribution in [2.45, 2.75) is 63.3 Å². The summed E-state index contributed by atoms with van der Waals surface area (Å²) in [7, 11) is 3.16. The van der Waals surface area contributed by atoms with Gasteiger partial charge in [0.05, 0.1) is 32.2 Å². The molecule has 3 heterocycles. The second-order valence-electron chi connectivity index (χ2n) is 12.6. The van der Waals surface area contributed by atoms with E-state index in [1.54, 1.807) is 43.4 Å². The molecule has 2 bridgehead atoms. The van der Waals surface area contributed by atoms with Crippen LogP contribution in [0.5, 0.6) is 11.5 Å². The Balaban J connectivity index is 1.30. The second kappa shape index (κ2) is 12.1. The molecule has 6 rings (SSSR count). The number of nitrogens with zero attached hydrogens (tertiary/aromatic N) is 1. The van der Waals surface area contributed by atoms with Crippen molar-refractivity contribution in [2.75, 3.05) is 26.1 Å². The molecule has 1 aliphatic carbocycles. The van der Waals surface area contributed by atoms with Gasteiger partial charge in [0.2, 0.25) is 17.7 Å². The lowest BCUT2D eigenvalue weighted by atomic mass is 9.73. The number of likely N-dealkylation sites (tertiary alicyclic amines) is 1. The summed E-state index contributed by atoms with van der Waals surface area (Å²) in [6, 6.07) is 11.6. The van der Waals surface area contributed by atoms with E-state index in [9.17, 15) is 14.4 Å². The van der Waals surface area contributed by atoms with E-state index >= 15 is 0 Å². The lowest BCUT2D eigenvalue weighted by Gasteiger charge is -2.38. The normalized spacial score (nSPS) is 32.0. The van der Waals surface area contributed by atoms with E-state index in [4.69, 9.17) is 25.8 Å². The fraction of sp³-hybridized carbons (Fsp3) is 0.500. The Morgan fingerprint density at radius 2 is 1.86 bits per heavy atom. The van der Waals surface area contributed by atoms with Crippen LogP contribution in [0.4, 0.5) is 5.69 Å². The average Bonchev–Trinajstić information content (AvgIpc) is 3.65. The Kier molecular flexibility index (Phi) is 8.37. The molecule has 2 aromatic carbocycles. The van der Waals surface area contributed by atoms with Gasteiger partial charge in [0, 0.05) is 23.3 Å². The van der Waals surface area contributed by atoms with Crippen molar-refractivity contribution in [3.63, 3.8) is 0 Å². The molecule has 3 amide bonds. The smallest absolute Gasteiger partial charge is 0.246 e. The van der Waals surface area contributed by atoms with Crippen LogP contribution in [-0.2, 0) is 25.5 Å². The molecule has 9 nitrogen and oxygen atoms in total. The molecule has 234 valence electrons. The maximum absolute atomic E-state index is 14.3. The van der Waals surface area contributed by atoms with Crippen LogP contribution in [0.15, 0.2) is 54.6 Å². The Morgan fingerprint density at radius 3 is 2.61 bits per heavy atom. The van der Waals surface area contributed by atoms with Gasteiger partial charge in [-0.1, -0.05) is 62.6 Å². The minimum absolute atomic E-state index is 0.00834. The number of fused-ring (bicyclic) bond motifs is 1. The van der Waals surface area contributed by atoms with Crippen molar-refractivity contribution in [3.8, 4) is 11.5 Å². The Morgan fingerprint density at radius 1 is 1.07 bits per heavy atom. The van der Waals surface area contributed by atoms with Crippen LogP contribution in [0.2, 0.25) is 5.02 Å². The third-order valence-corrected chi connectivity index (χ3v) is 10.4. The van der Waals surface area contributed by atoms with Crippen LogP contribution in [0.3, 0.4) is 0 Å². The fourth-order valence-electron chi connectivity index (χ4n) is 7.63. The molecule has 0 unspecified atom stereocenters. The summed E-state index contributed by atoms with van der Waals surface area (Å²) in [5.74, 6) is -0.450. The predicted molar refractivity (Wildman–Crippen MR) is 167 cm³/mol. The van der Waals surface area contributed by atoms with Gasteiger partial charge in [-0.15, -0.1) is 0 Å². The molecule has 0 radical (unpaired) electrons. The van der Waals surface area contributed by atoms with Gasteiger partial charge >= 0.3 is 0 Å². The van der Waals surface area contributed by atoms with Crippen LogP contribution in [0.1, 0.15) is 38.7 Å². The SMILES string of the molecule is COc1ccc(CCN2C(=O)[C@H]3[C@H](C(=O)Nc4cccc(Cl)c4)[C@H]4C=C[C@@]3(O4)[C@@H]2C(=O)N[C@@H]2CCC[C@H](C)[C@H]2C)cc1OC. The highest BCUT2D eigenvalue weighted by Crippen LogP contribution is 2.55. The van der Waals surface area contributed by atoms with Gasteiger partial charge in [-0.3, -0.25) is 14.4 Å². The summed E-state index contributed by atoms with van der Waals surface area (Å²) >= 11 is 6.15. The Labute approximate surface area is 263 Å². The van der Waals surface area contributed by atoms with Gasteiger partial charge in [0.25, 0.3) is 0 Å². The summed E-state index contributed by atoms with van der Waals surface area (Å²) < 4.78 is 17.4. The number of amides is 3. The summed E-state index contributed by atoms with van der Waals surface area (Å²) in [6.07, 6.45) is 6.61. The molecule has 0 aromatic heterocycles. The Hall–Kier alpha value is -3.56. The molecule has 1 saturated carbocycles. The molecule has 1 spiro atoms. The molecule has 4 aliphatic rings. The standard InChI is InChI=1S/C34H40ClN3O6/c1-19-7-5-10-24(20(19)2)37-32(40)30-34-15-13-26(44-34)28(31(39)36-23-9-6-8-22(35)18-23)29(34)33(41)38(30)16-14-21-11-12-25(42-3)27(17-21)43-4/h6,8-9,11-13,15,17-20,24,26,28-30H,5,7,10,14,16H2,1-4H3,(H,36,39)(H,37,40)/t19-,20+,24+,26+,28+,29+,30-,34-/m0/s1. The van der Waals surface area contributed by atoms with Crippen molar-refractivity contribution in [3.05, 3.63) is 65.2 Å². The molecular formula is C34H40ClN3O6. The average molecular weight is 622 g/mol. The highest BCUT2D eigenvalue weighted by atomic mass is 35.5. The maximum Gasteiger partial charge on any atom is 0.246 e. The fourth-order valence-corrected chi connectivity index (χ4v) is 7.82. The van der Waals surface area contributed by atoms with Crippen molar-refractivity contribution in [1.82, 2.24) is 10.2 Å². The second-order valence-corrected chi connectivity index (χ2v) is 13.0. The number of methoxy groups -OCH3 is 2. The molecule has 2 saturated heterocycles. The van der Waals surface area contributed by atoms with E-state index < -0.39 is 29.6 Å². The van der Waals surface area contributed by atoms with Crippen LogP contribution in [0, 0.1) is 23.7 Å². The minimum atomic E-state index is -1.23. The number of halogens is 1. The van der Waals surface area contributed by atoms with E-state index in [1.165, 1.54) is 0 Å². The van der Waals surface area contributed by atoms with E-state index in [0.29, 0.717) is 40.5 Å². The summed E-state index contributed by atoms with van der Waals surface area (Å²) in [6.45, 7) is 4.67. The third kappa shape index (κ3) is 5.24. The van der Waals surface area contributed by atoms with Crippen molar-refractivity contribution in [1.29, 1.82) is 0 Å². The molecule has 3 aliphatic heterocycles. The van der Waals surface area contributed by atoms with Crippen molar-refractivity contribution >= 4 is 35.0 Å². The number of hydrogen-bond donors (Lipinski definition) is 2. The third-order valence-electron chi connectivity index (χ3n) is 10.1. The zero-order chi connectivity index (χ0) is 31.2. The largest absolute Gasteiger partial charge is 0.493 e. The highest BCUT2D eigenvalue weighted by molar-refractivity contribution is 6.30. The minimum Gasteiger partial charge on any atom is -0.493 e. The first-order valence-electron chi connectivity index (χ1n) is 15.4. The number of carbonyl (C=O) groups is 3. The topological polar surface area (TPSA) is 106 Å². The first kappa shape index (κ1) is 30.5. The number of anilines is 1. The molecule has 8 atom stereocenters. The summed E-state index contributed by atoms with van der Waals surface area (Å²) in [5.41, 5.74) is 0.229. The van der Waals surface area contributed by atoms with E-state index in [-0.39, 0.29) is 30.3 Å². The lowest BCUT2D eigenvalue weighted by Crippen LogP contribution is -2.58. The number of carbonyl (C=O) groups excluding carboxylic acids is 3. The van der Waals surface area contributed by atoms with Crippen LogP contribution >= 0.6 is 11.6 Å². The van der Waals surface area contributed by atoms with Crippen LogP contribution in [0.25, 0.3) is 0 Å². The van der Waals surface area contributed by atoms with E-state index in [0.717, 1.165) is 24.8 Å². The van der Waals surface area contributed by atoms with Gasteiger partial charge in [0.1, 0.15) is 11.6 Å². The highest BCUT2D eigenvalue weighted by Gasteiger charge is 2.72. The molecule has 3 fully saturated rings.